The van der Waals surface area contributed by atoms with Gasteiger partial charge in [0.05, 0.1) is 31.7 Å². The fourth-order valence-electron chi connectivity index (χ4n) is 6.92. The summed E-state index contributed by atoms with van der Waals surface area (Å²) in [6.07, 6.45) is 5.18. The number of rotatable bonds is 12. The van der Waals surface area contributed by atoms with Crippen LogP contribution in [-0.4, -0.2) is 25.3 Å². The van der Waals surface area contributed by atoms with Gasteiger partial charge in [-0.15, -0.1) is 0 Å². The molecule has 0 aliphatic heterocycles. The van der Waals surface area contributed by atoms with Crippen LogP contribution in [0.3, 0.4) is 0 Å². The molecule has 6 aromatic carbocycles. The number of nitrogens with zero attached hydrogens (tertiary/aromatic N) is 3. The van der Waals surface area contributed by atoms with E-state index in [4.69, 9.17) is 0 Å². The summed E-state index contributed by atoms with van der Waals surface area (Å²) in [7, 11) is -12.6. The molecule has 0 bridgehead atoms. The Morgan fingerprint density at radius 2 is 0.556 bits per heavy atom. The van der Waals surface area contributed by atoms with Crippen molar-refractivity contribution in [2.45, 2.75) is 54.7 Å². The van der Waals surface area contributed by atoms with Crippen molar-refractivity contribution in [1.29, 1.82) is 0 Å². The summed E-state index contributed by atoms with van der Waals surface area (Å²) < 4.78 is 93.7. The monoisotopic (exact) mass is 1090 g/mol. The summed E-state index contributed by atoms with van der Waals surface area (Å²) in [5.41, 5.74) is 5.54. The molecule has 0 aromatic heterocycles. The van der Waals surface area contributed by atoms with E-state index in [2.05, 4.69) is 47.8 Å². The van der Waals surface area contributed by atoms with Crippen LogP contribution >= 0.6 is 47.8 Å². The van der Waals surface area contributed by atoms with Crippen LogP contribution in [0.1, 0.15) is 36.0 Å². The van der Waals surface area contributed by atoms with E-state index in [0.29, 0.717) is 33.8 Å². The second-order valence-electron chi connectivity index (χ2n) is 15.2. The number of allylic oxidation sites excluding steroid dienone is 3. The van der Waals surface area contributed by atoms with Gasteiger partial charge in [-0.05, 0) is 166 Å². The number of anilines is 3. The van der Waals surface area contributed by atoms with Crippen LogP contribution in [0.5, 0.6) is 0 Å². The first-order valence-electron chi connectivity index (χ1n) is 19.6. The Hall–Kier alpha value is -4.77. The lowest BCUT2D eigenvalue weighted by molar-refractivity contribution is 0.594. The molecule has 15 heteroatoms. The summed E-state index contributed by atoms with van der Waals surface area (Å²) in [5, 5.41) is 0. The van der Waals surface area contributed by atoms with Crippen molar-refractivity contribution in [2.75, 3.05) is 12.9 Å². The van der Waals surface area contributed by atoms with Crippen molar-refractivity contribution in [2.24, 2.45) is 0 Å². The zero-order valence-corrected chi connectivity index (χ0v) is 41.6. The fourth-order valence-corrected chi connectivity index (χ4v) is 11.9. The van der Waals surface area contributed by atoms with E-state index in [1.165, 1.54) is 12.9 Å². The van der Waals surface area contributed by atoms with Gasteiger partial charge in [-0.2, -0.15) is 0 Å². The molecule has 0 radical (unpaired) electrons. The van der Waals surface area contributed by atoms with E-state index in [9.17, 15) is 25.3 Å². The third-order valence-electron chi connectivity index (χ3n) is 10.2. The van der Waals surface area contributed by atoms with Gasteiger partial charge in [0.2, 0.25) is 0 Å². The molecule has 0 amide bonds. The summed E-state index contributed by atoms with van der Waals surface area (Å²) in [6, 6.07) is 40.4. The van der Waals surface area contributed by atoms with Gasteiger partial charge in [0.25, 0.3) is 30.1 Å². The number of sulfonamides is 3. The normalized spacial score (nSPS) is 13.3. The highest BCUT2D eigenvalue weighted by Gasteiger charge is 2.30. The highest BCUT2D eigenvalue weighted by Crippen LogP contribution is 2.39. The summed E-state index contributed by atoms with van der Waals surface area (Å²) >= 11 is 10.4. The Bertz CT molecular complexity index is 2700. The molecule has 0 atom stereocenters. The smallest absolute Gasteiger partial charge is 0.242 e. The third-order valence-corrected chi connectivity index (χ3v) is 16.9. The quantitative estimate of drug-likeness (QED) is 0.121. The van der Waals surface area contributed by atoms with Crippen LogP contribution in [0.4, 0.5) is 17.1 Å². The zero-order chi connectivity index (χ0) is 45.1. The van der Waals surface area contributed by atoms with Gasteiger partial charge in [-0.25, -0.2) is 38.2 Å². The minimum Gasteiger partial charge on any atom is -0.242 e. The predicted octanol–water partition coefficient (Wildman–Crippen LogP) is 12.7. The number of hydrogen-bond donors (Lipinski definition) is 0. The minimum atomic E-state index is -4.20. The fraction of sp³-hybridized carbons (Fsp3) is 0.125. The molecule has 7 rings (SSSR count). The lowest BCUT2D eigenvalue weighted by atomic mass is 9.87. The Labute approximate surface area is 395 Å². The number of hydrogen-bond acceptors (Lipinski definition) is 6. The molecule has 63 heavy (non-hydrogen) atoms. The second kappa shape index (κ2) is 19.1. The molecule has 0 saturated heterocycles. The molecule has 0 unspecified atom stereocenters. The molecule has 0 spiro atoms. The van der Waals surface area contributed by atoms with Crippen LogP contribution < -0.4 is 12.9 Å². The van der Waals surface area contributed by atoms with Gasteiger partial charge < -0.3 is 0 Å². The molecular weight excluding hydrogens is 1050 g/mol. The van der Waals surface area contributed by atoms with E-state index < -0.39 is 30.1 Å². The van der Waals surface area contributed by atoms with E-state index in [0.717, 1.165) is 30.1 Å². The second-order valence-corrected chi connectivity index (χ2v) is 23.4. The lowest BCUT2D eigenvalue weighted by Gasteiger charge is -2.29. The Balaban J connectivity index is 1.45. The summed E-state index contributed by atoms with van der Waals surface area (Å²) in [4.78, 5) is 0.226. The molecule has 9 nitrogen and oxygen atoms in total. The van der Waals surface area contributed by atoms with Crippen LogP contribution in [0.25, 0.3) is 0 Å². The van der Waals surface area contributed by atoms with Crippen molar-refractivity contribution in [3.05, 3.63) is 211 Å². The maximum Gasteiger partial charge on any atom is 0.268 e. The highest BCUT2D eigenvalue weighted by molar-refractivity contribution is 9.11. The van der Waals surface area contributed by atoms with Crippen molar-refractivity contribution >= 4 is 94.9 Å². The van der Waals surface area contributed by atoms with Gasteiger partial charge >= 0.3 is 0 Å². The van der Waals surface area contributed by atoms with E-state index >= 15 is 0 Å². The Kier molecular flexibility index (Phi) is 14.0. The molecule has 1 fully saturated rings. The van der Waals surface area contributed by atoms with Gasteiger partial charge in [-0.1, -0.05) is 101 Å². The Morgan fingerprint density at radius 1 is 0.349 bits per heavy atom. The van der Waals surface area contributed by atoms with E-state index in [1.807, 2.05) is 20.8 Å². The average Bonchev–Trinajstić information content (AvgIpc) is 3.25. The first kappa shape index (κ1) is 46.2. The van der Waals surface area contributed by atoms with Crippen LogP contribution in [0.15, 0.2) is 209 Å². The molecule has 1 aliphatic carbocycles. The molecule has 0 heterocycles. The minimum absolute atomic E-state index is 0.0754. The summed E-state index contributed by atoms with van der Waals surface area (Å²) in [6.45, 7) is 5.63. The molecule has 1 aliphatic rings. The van der Waals surface area contributed by atoms with Crippen molar-refractivity contribution < 1.29 is 25.3 Å². The maximum absolute atomic E-state index is 14.6. The Morgan fingerprint density at radius 3 is 0.762 bits per heavy atom. The predicted molar refractivity (Wildman–Crippen MR) is 263 cm³/mol. The number of halogens is 3. The van der Waals surface area contributed by atoms with Crippen LogP contribution in [-0.2, 0) is 30.1 Å². The highest BCUT2D eigenvalue weighted by atomic mass is 79.9. The average molecular weight is 1090 g/mol. The van der Waals surface area contributed by atoms with E-state index in [1.54, 1.807) is 164 Å². The van der Waals surface area contributed by atoms with Crippen LogP contribution in [0.2, 0.25) is 0 Å². The van der Waals surface area contributed by atoms with Gasteiger partial charge in [0.1, 0.15) is 0 Å². The topological polar surface area (TPSA) is 112 Å². The molecule has 1 saturated carbocycles. The maximum atomic E-state index is 14.6. The number of benzene rings is 6. The first-order valence-corrected chi connectivity index (χ1v) is 26.3. The standard InChI is InChI=1S/C48H42Br3N3O6S3/c1-34-4-22-46(23-5-34)61(55,56)52(43-16-10-40(49)11-17-43)31-37-28-38(32-53(44-18-12-41(50)13-19-44)62(57,58)47-24-6-35(2)7-25-47)30-39(29-37)33-54(45-20-14-42(51)15-21-45)63(59,60)48-26-8-36(3)9-27-48/h4-27,31-33H,28-30H2,1-3H3. The van der Waals surface area contributed by atoms with Crippen molar-refractivity contribution in [1.82, 2.24) is 0 Å². The third kappa shape index (κ3) is 10.8. The van der Waals surface area contributed by atoms with Gasteiger partial charge in [0, 0.05) is 32.0 Å². The largest absolute Gasteiger partial charge is 0.268 e. The lowest BCUT2D eigenvalue weighted by Crippen LogP contribution is -2.29. The molecular formula is C48H42Br3N3O6S3. The molecule has 6 aromatic rings. The van der Waals surface area contributed by atoms with Crippen molar-refractivity contribution in [3.63, 3.8) is 0 Å². The molecule has 0 N–H and O–H groups in total. The molecule has 324 valence electrons. The SMILES string of the molecule is Cc1ccc(S(=O)(=O)N(C=C2CC(=CN(c3ccc(Br)cc3)S(=O)(=O)c3ccc(C)cc3)CC(=CN(c3ccc(Br)cc3)S(=O)(=O)c3ccc(C)cc3)C2)c2ccc(Br)cc2)cc1. The number of aryl methyl sites for hydroxylation is 3. The van der Waals surface area contributed by atoms with E-state index in [-0.39, 0.29) is 33.9 Å². The van der Waals surface area contributed by atoms with Crippen LogP contribution in [0, 0.1) is 20.8 Å². The van der Waals surface area contributed by atoms with Gasteiger partial charge in [-0.3, -0.25) is 0 Å². The van der Waals surface area contributed by atoms with Gasteiger partial charge in [0.15, 0.2) is 0 Å². The summed E-state index contributed by atoms with van der Waals surface area (Å²) in [5.74, 6) is 0. The van der Waals surface area contributed by atoms with Crippen molar-refractivity contribution in [3.8, 4) is 0 Å². The first-order chi connectivity index (χ1) is 29.9. The zero-order valence-electron chi connectivity index (χ0n) is 34.4.